The molecule has 0 bridgehead atoms. The van der Waals surface area contributed by atoms with Crippen LogP contribution in [-0.2, 0) is 6.61 Å². The Morgan fingerprint density at radius 3 is 2.84 bits per heavy atom. The molecule has 0 atom stereocenters. The standard InChI is InChI=1S/C14H12FNO3/c1-18-13-3-2-11(8-17)14(5-13)19-9-10-4-12(15)7-16-6-10/h2-8H,9H2,1H3. The summed E-state index contributed by atoms with van der Waals surface area (Å²) in [5, 5.41) is 0. The van der Waals surface area contributed by atoms with Gasteiger partial charge in [-0.05, 0) is 18.2 Å². The molecule has 19 heavy (non-hydrogen) atoms. The predicted molar refractivity (Wildman–Crippen MR) is 66.9 cm³/mol. The molecule has 0 aliphatic rings. The number of aldehydes is 1. The Morgan fingerprint density at radius 1 is 1.32 bits per heavy atom. The topological polar surface area (TPSA) is 48.4 Å². The van der Waals surface area contributed by atoms with Crippen molar-refractivity contribution in [3.8, 4) is 11.5 Å². The second-order valence-corrected chi connectivity index (χ2v) is 3.82. The summed E-state index contributed by atoms with van der Waals surface area (Å²) in [5.41, 5.74) is 0.991. The van der Waals surface area contributed by atoms with E-state index < -0.39 is 5.82 Å². The molecule has 5 heteroatoms. The highest BCUT2D eigenvalue weighted by Gasteiger charge is 2.06. The van der Waals surface area contributed by atoms with E-state index in [1.165, 1.54) is 19.4 Å². The van der Waals surface area contributed by atoms with Crippen molar-refractivity contribution in [1.82, 2.24) is 4.98 Å². The summed E-state index contributed by atoms with van der Waals surface area (Å²) < 4.78 is 23.5. The molecule has 0 unspecified atom stereocenters. The zero-order valence-corrected chi connectivity index (χ0v) is 10.3. The molecule has 0 saturated heterocycles. The van der Waals surface area contributed by atoms with Gasteiger partial charge in [0, 0.05) is 17.8 Å². The van der Waals surface area contributed by atoms with E-state index in [1.807, 2.05) is 0 Å². The zero-order valence-electron chi connectivity index (χ0n) is 10.3. The van der Waals surface area contributed by atoms with Crippen molar-refractivity contribution in [1.29, 1.82) is 0 Å². The zero-order chi connectivity index (χ0) is 13.7. The highest BCUT2D eigenvalue weighted by Crippen LogP contribution is 2.24. The van der Waals surface area contributed by atoms with E-state index in [0.717, 1.165) is 6.20 Å². The molecule has 2 aromatic rings. The van der Waals surface area contributed by atoms with Crippen LogP contribution in [0.25, 0.3) is 0 Å². The summed E-state index contributed by atoms with van der Waals surface area (Å²) in [5.74, 6) is 0.541. The molecule has 0 saturated carbocycles. The smallest absolute Gasteiger partial charge is 0.153 e. The van der Waals surface area contributed by atoms with E-state index in [2.05, 4.69) is 4.98 Å². The third-order valence-corrected chi connectivity index (χ3v) is 2.50. The fourth-order valence-corrected chi connectivity index (χ4v) is 1.56. The quantitative estimate of drug-likeness (QED) is 0.776. The minimum atomic E-state index is -0.428. The van der Waals surface area contributed by atoms with Gasteiger partial charge in [-0.2, -0.15) is 0 Å². The highest BCUT2D eigenvalue weighted by molar-refractivity contribution is 5.79. The molecule has 0 radical (unpaired) electrons. The molecule has 0 N–H and O–H groups in total. The van der Waals surface area contributed by atoms with E-state index in [-0.39, 0.29) is 6.61 Å². The minimum absolute atomic E-state index is 0.124. The Kier molecular flexibility index (Phi) is 4.07. The van der Waals surface area contributed by atoms with Crippen molar-refractivity contribution >= 4 is 6.29 Å². The SMILES string of the molecule is COc1ccc(C=O)c(OCc2cncc(F)c2)c1. The average Bonchev–Trinajstić information content (AvgIpc) is 2.45. The van der Waals surface area contributed by atoms with Crippen molar-refractivity contribution in [2.75, 3.05) is 7.11 Å². The number of rotatable bonds is 5. The number of ether oxygens (including phenoxy) is 2. The van der Waals surface area contributed by atoms with Gasteiger partial charge in [0.15, 0.2) is 6.29 Å². The number of hydrogen-bond donors (Lipinski definition) is 0. The molecule has 0 spiro atoms. The first-order valence-corrected chi connectivity index (χ1v) is 5.58. The van der Waals surface area contributed by atoms with Crippen molar-refractivity contribution in [2.24, 2.45) is 0 Å². The summed E-state index contributed by atoms with van der Waals surface area (Å²) in [4.78, 5) is 14.6. The molecule has 1 heterocycles. The minimum Gasteiger partial charge on any atom is -0.497 e. The lowest BCUT2D eigenvalue weighted by Crippen LogP contribution is -2.00. The summed E-state index contributed by atoms with van der Waals surface area (Å²) in [6.45, 7) is 0.124. The van der Waals surface area contributed by atoms with Crippen LogP contribution in [0.3, 0.4) is 0 Å². The van der Waals surface area contributed by atoms with Crippen LogP contribution in [-0.4, -0.2) is 18.4 Å². The molecule has 0 aliphatic carbocycles. The predicted octanol–water partition coefficient (Wildman–Crippen LogP) is 2.62. The van der Waals surface area contributed by atoms with Gasteiger partial charge in [0.05, 0.1) is 18.9 Å². The summed E-state index contributed by atoms with van der Waals surface area (Å²) >= 11 is 0. The van der Waals surface area contributed by atoms with Crippen molar-refractivity contribution in [3.63, 3.8) is 0 Å². The van der Waals surface area contributed by atoms with Gasteiger partial charge in [0.25, 0.3) is 0 Å². The number of carbonyl (C=O) groups excluding carboxylic acids is 1. The fraction of sp³-hybridized carbons (Fsp3) is 0.143. The number of pyridine rings is 1. The molecular formula is C14H12FNO3. The third kappa shape index (κ3) is 3.28. The lowest BCUT2D eigenvalue weighted by atomic mass is 10.2. The first-order valence-electron chi connectivity index (χ1n) is 5.58. The van der Waals surface area contributed by atoms with Crippen LogP contribution >= 0.6 is 0 Å². The maximum absolute atomic E-state index is 13.0. The molecule has 0 amide bonds. The monoisotopic (exact) mass is 261 g/mol. The van der Waals surface area contributed by atoms with Crippen molar-refractivity contribution in [2.45, 2.75) is 6.61 Å². The van der Waals surface area contributed by atoms with Crippen LogP contribution in [0.1, 0.15) is 15.9 Å². The van der Waals surface area contributed by atoms with E-state index in [1.54, 1.807) is 18.2 Å². The number of benzene rings is 1. The maximum Gasteiger partial charge on any atom is 0.153 e. The molecular weight excluding hydrogens is 249 g/mol. The lowest BCUT2D eigenvalue weighted by Gasteiger charge is -2.10. The van der Waals surface area contributed by atoms with Crippen LogP contribution in [0.5, 0.6) is 11.5 Å². The Balaban J connectivity index is 2.16. The number of aromatic nitrogens is 1. The first-order chi connectivity index (χ1) is 9.22. The van der Waals surface area contributed by atoms with Crippen molar-refractivity contribution in [3.05, 3.63) is 53.6 Å². The van der Waals surface area contributed by atoms with Gasteiger partial charge in [-0.15, -0.1) is 0 Å². The molecule has 2 rings (SSSR count). The molecule has 4 nitrogen and oxygen atoms in total. The maximum atomic E-state index is 13.0. The van der Waals surface area contributed by atoms with E-state index >= 15 is 0 Å². The largest absolute Gasteiger partial charge is 0.497 e. The number of nitrogens with zero attached hydrogens (tertiary/aromatic N) is 1. The fourth-order valence-electron chi connectivity index (χ4n) is 1.56. The van der Waals surface area contributed by atoms with E-state index in [9.17, 15) is 9.18 Å². The molecule has 1 aromatic heterocycles. The second kappa shape index (κ2) is 5.95. The summed E-state index contributed by atoms with van der Waals surface area (Å²) in [6.07, 6.45) is 3.31. The first kappa shape index (κ1) is 13.0. The van der Waals surface area contributed by atoms with E-state index in [4.69, 9.17) is 9.47 Å². The van der Waals surface area contributed by atoms with Crippen LogP contribution in [0.2, 0.25) is 0 Å². The Hall–Kier alpha value is -2.43. The van der Waals surface area contributed by atoms with Crippen LogP contribution in [0, 0.1) is 5.82 Å². The van der Waals surface area contributed by atoms with Crippen LogP contribution < -0.4 is 9.47 Å². The second-order valence-electron chi connectivity index (χ2n) is 3.82. The average molecular weight is 261 g/mol. The normalized spacial score (nSPS) is 10.0. The molecule has 0 fully saturated rings. The van der Waals surface area contributed by atoms with Gasteiger partial charge in [-0.1, -0.05) is 0 Å². The van der Waals surface area contributed by atoms with Gasteiger partial charge in [-0.25, -0.2) is 4.39 Å². The van der Waals surface area contributed by atoms with Gasteiger partial charge < -0.3 is 9.47 Å². The summed E-state index contributed by atoms with van der Waals surface area (Å²) in [6, 6.07) is 6.20. The molecule has 98 valence electrons. The molecule has 1 aromatic carbocycles. The Labute approximate surface area is 109 Å². The highest BCUT2D eigenvalue weighted by atomic mass is 19.1. The third-order valence-electron chi connectivity index (χ3n) is 2.50. The summed E-state index contributed by atoms with van der Waals surface area (Å²) in [7, 11) is 1.52. The lowest BCUT2D eigenvalue weighted by molar-refractivity contribution is 0.111. The van der Waals surface area contributed by atoms with Gasteiger partial charge in [0.1, 0.15) is 23.9 Å². The number of methoxy groups -OCH3 is 1. The number of halogens is 1. The molecule has 0 aliphatic heterocycles. The van der Waals surface area contributed by atoms with Crippen molar-refractivity contribution < 1.29 is 18.7 Å². The van der Waals surface area contributed by atoms with Gasteiger partial charge in [0.2, 0.25) is 0 Å². The van der Waals surface area contributed by atoms with Crippen LogP contribution in [0.15, 0.2) is 36.7 Å². The van der Waals surface area contributed by atoms with Gasteiger partial charge in [-0.3, -0.25) is 9.78 Å². The van der Waals surface area contributed by atoms with E-state index in [0.29, 0.717) is 28.9 Å². The Bertz CT molecular complexity index is 587. The number of carbonyl (C=O) groups is 1. The van der Waals surface area contributed by atoms with Gasteiger partial charge >= 0.3 is 0 Å². The van der Waals surface area contributed by atoms with Crippen LogP contribution in [0.4, 0.5) is 4.39 Å². The number of hydrogen-bond acceptors (Lipinski definition) is 4. The Morgan fingerprint density at radius 2 is 2.16 bits per heavy atom.